The Morgan fingerprint density at radius 2 is 1.89 bits per heavy atom. The van der Waals surface area contributed by atoms with Crippen molar-refractivity contribution in [3.63, 3.8) is 0 Å². The van der Waals surface area contributed by atoms with Crippen LogP contribution in [0, 0.1) is 5.82 Å². The zero-order chi connectivity index (χ0) is 19.4. The number of carbonyl (C=O) groups excluding carboxylic acids is 3. The van der Waals surface area contributed by atoms with E-state index in [1.807, 2.05) is 0 Å². The van der Waals surface area contributed by atoms with Gasteiger partial charge < -0.3 is 10.2 Å². The zero-order valence-corrected chi connectivity index (χ0v) is 15.2. The predicted octanol–water partition coefficient (Wildman–Crippen LogP) is 3.14. The zero-order valence-electron chi connectivity index (χ0n) is 14.5. The maximum absolute atomic E-state index is 13.2. The fourth-order valence-electron chi connectivity index (χ4n) is 3.08. The van der Waals surface area contributed by atoms with Crippen molar-refractivity contribution in [3.05, 3.63) is 70.5 Å². The molecule has 0 aliphatic carbocycles. The lowest BCUT2D eigenvalue weighted by Crippen LogP contribution is -2.52. The van der Waals surface area contributed by atoms with E-state index < -0.39 is 11.9 Å². The molecule has 0 bridgehead atoms. The van der Waals surface area contributed by atoms with E-state index in [9.17, 15) is 18.8 Å². The monoisotopic (exact) mass is 388 g/mol. The van der Waals surface area contributed by atoms with Crippen molar-refractivity contribution in [2.24, 2.45) is 0 Å². The van der Waals surface area contributed by atoms with Crippen LogP contribution in [0.25, 0.3) is 0 Å². The van der Waals surface area contributed by atoms with Crippen LogP contribution in [0.2, 0.25) is 5.02 Å². The Morgan fingerprint density at radius 1 is 1.15 bits per heavy atom. The molecule has 1 aliphatic heterocycles. The molecule has 1 aliphatic rings. The maximum atomic E-state index is 13.2. The Kier molecular flexibility index (Phi) is 5.86. The first-order chi connectivity index (χ1) is 13.0. The molecule has 0 aromatic heterocycles. The lowest BCUT2D eigenvalue weighted by molar-refractivity contribution is -0.143. The molecule has 1 N–H and O–H groups in total. The van der Waals surface area contributed by atoms with Gasteiger partial charge in [-0.3, -0.25) is 14.4 Å². The van der Waals surface area contributed by atoms with Gasteiger partial charge in [0.05, 0.1) is 0 Å². The van der Waals surface area contributed by atoms with Crippen LogP contribution in [0.5, 0.6) is 0 Å². The van der Waals surface area contributed by atoms with Gasteiger partial charge in [0.1, 0.15) is 11.9 Å². The van der Waals surface area contributed by atoms with Crippen molar-refractivity contribution in [2.45, 2.75) is 18.9 Å². The van der Waals surface area contributed by atoms with Crippen molar-refractivity contribution in [1.82, 2.24) is 10.2 Å². The minimum absolute atomic E-state index is 0.0175. The van der Waals surface area contributed by atoms with Crippen LogP contribution in [0.1, 0.15) is 34.8 Å². The first kappa shape index (κ1) is 19.0. The molecule has 1 unspecified atom stereocenters. The van der Waals surface area contributed by atoms with E-state index >= 15 is 0 Å². The first-order valence-corrected chi connectivity index (χ1v) is 8.95. The molecule has 0 spiro atoms. The minimum Gasteiger partial charge on any atom is -0.352 e. The van der Waals surface area contributed by atoms with Crippen molar-refractivity contribution >= 4 is 29.2 Å². The van der Waals surface area contributed by atoms with Crippen LogP contribution < -0.4 is 5.32 Å². The summed E-state index contributed by atoms with van der Waals surface area (Å²) in [5.74, 6) is -1.22. The molecule has 140 valence electrons. The van der Waals surface area contributed by atoms with Gasteiger partial charge in [0, 0.05) is 36.5 Å². The molecule has 0 radical (unpaired) electrons. The third-order valence-corrected chi connectivity index (χ3v) is 4.67. The molecule has 3 rings (SSSR count). The number of hydrogen-bond acceptors (Lipinski definition) is 3. The molecule has 1 fully saturated rings. The summed E-state index contributed by atoms with van der Waals surface area (Å²) in [6.07, 6.45) is 0.00372. The highest BCUT2D eigenvalue weighted by Crippen LogP contribution is 2.25. The summed E-state index contributed by atoms with van der Waals surface area (Å²) in [6, 6.07) is 11.2. The third-order valence-electron chi connectivity index (χ3n) is 4.43. The van der Waals surface area contributed by atoms with Crippen LogP contribution in [0.3, 0.4) is 0 Å². The Hall–Kier alpha value is -2.73. The van der Waals surface area contributed by atoms with Gasteiger partial charge in [-0.15, -0.1) is 0 Å². The summed E-state index contributed by atoms with van der Waals surface area (Å²) in [6.45, 7) is 0.669. The first-order valence-electron chi connectivity index (χ1n) is 8.57. The van der Waals surface area contributed by atoms with Crippen LogP contribution in [-0.2, 0) is 9.59 Å². The number of Topliss-reactive ketones (excluding diaryl/α,β-unsaturated/α-hetero) is 1. The largest absolute Gasteiger partial charge is 0.352 e. The van der Waals surface area contributed by atoms with Gasteiger partial charge in [-0.1, -0.05) is 35.9 Å². The molecule has 2 aromatic rings. The van der Waals surface area contributed by atoms with Gasteiger partial charge >= 0.3 is 0 Å². The summed E-state index contributed by atoms with van der Waals surface area (Å²) in [4.78, 5) is 38.7. The maximum Gasteiger partial charge on any atom is 0.247 e. The van der Waals surface area contributed by atoms with E-state index in [1.54, 1.807) is 24.3 Å². The Labute approximate surface area is 161 Å². The van der Waals surface area contributed by atoms with E-state index in [0.717, 1.165) is 0 Å². The summed E-state index contributed by atoms with van der Waals surface area (Å²) in [5.41, 5.74) is 0.977. The number of amides is 2. The fourth-order valence-corrected chi connectivity index (χ4v) is 3.27. The number of benzene rings is 2. The number of carbonyl (C=O) groups is 3. The van der Waals surface area contributed by atoms with Crippen LogP contribution in [0.15, 0.2) is 48.5 Å². The second kappa shape index (κ2) is 8.31. The average molecular weight is 389 g/mol. The molecular weight excluding hydrogens is 371 g/mol. The Bertz CT molecular complexity index is 870. The lowest BCUT2D eigenvalue weighted by atomic mass is 10.0. The molecule has 1 heterocycles. The number of hydrogen-bond donors (Lipinski definition) is 1. The smallest absolute Gasteiger partial charge is 0.247 e. The number of halogens is 2. The summed E-state index contributed by atoms with van der Waals surface area (Å²) in [7, 11) is 0. The van der Waals surface area contributed by atoms with Crippen molar-refractivity contribution in [1.29, 1.82) is 0 Å². The molecule has 1 atom stereocenters. The number of nitrogens with one attached hydrogen (secondary N) is 1. The third kappa shape index (κ3) is 4.52. The normalized spacial score (nSPS) is 16.7. The molecule has 2 amide bonds. The van der Waals surface area contributed by atoms with Crippen LogP contribution in [0.4, 0.5) is 4.39 Å². The minimum atomic E-state index is -0.826. The van der Waals surface area contributed by atoms with Crippen molar-refractivity contribution in [2.75, 3.05) is 13.1 Å². The van der Waals surface area contributed by atoms with Gasteiger partial charge in [0.2, 0.25) is 11.8 Å². The van der Waals surface area contributed by atoms with Gasteiger partial charge in [0.15, 0.2) is 5.78 Å². The molecule has 5 nitrogen and oxygen atoms in total. The molecular formula is C20H18ClFN2O3. The summed E-state index contributed by atoms with van der Waals surface area (Å²) < 4.78 is 13.2. The average Bonchev–Trinajstić information content (AvgIpc) is 2.66. The molecule has 0 saturated carbocycles. The quantitative estimate of drug-likeness (QED) is 0.800. The second-order valence-electron chi connectivity index (χ2n) is 6.27. The Balaban J connectivity index is 1.70. The van der Waals surface area contributed by atoms with E-state index in [2.05, 4.69) is 5.32 Å². The van der Waals surface area contributed by atoms with Crippen molar-refractivity contribution < 1.29 is 18.8 Å². The van der Waals surface area contributed by atoms with E-state index in [1.165, 1.54) is 29.2 Å². The highest BCUT2D eigenvalue weighted by molar-refractivity contribution is 6.31. The van der Waals surface area contributed by atoms with E-state index in [-0.39, 0.29) is 30.4 Å². The van der Waals surface area contributed by atoms with E-state index in [4.69, 9.17) is 11.6 Å². The lowest BCUT2D eigenvalue weighted by Gasteiger charge is -2.35. The molecule has 27 heavy (non-hydrogen) atoms. The molecule has 7 heteroatoms. The van der Waals surface area contributed by atoms with Crippen molar-refractivity contribution in [3.8, 4) is 0 Å². The number of nitrogens with zero attached hydrogens (tertiary/aromatic N) is 1. The number of rotatable bonds is 5. The van der Waals surface area contributed by atoms with E-state index in [0.29, 0.717) is 29.2 Å². The summed E-state index contributed by atoms with van der Waals surface area (Å²) >= 11 is 5.89. The SMILES string of the molecule is O=C(CCC(=O)N1CCNC(=O)C1c1ccc(F)cc1)c1cccc(Cl)c1. The highest BCUT2D eigenvalue weighted by atomic mass is 35.5. The second-order valence-corrected chi connectivity index (χ2v) is 6.70. The van der Waals surface area contributed by atoms with Gasteiger partial charge in [0.25, 0.3) is 0 Å². The highest BCUT2D eigenvalue weighted by Gasteiger charge is 2.34. The van der Waals surface area contributed by atoms with Gasteiger partial charge in [-0.25, -0.2) is 4.39 Å². The summed E-state index contributed by atoms with van der Waals surface area (Å²) in [5, 5.41) is 3.17. The Morgan fingerprint density at radius 3 is 2.59 bits per heavy atom. The predicted molar refractivity (Wildman–Crippen MR) is 98.9 cm³/mol. The van der Waals surface area contributed by atoms with Gasteiger partial charge in [-0.2, -0.15) is 0 Å². The topological polar surface area (TPSA) is 66.5 Å². The fraction of sp³-hybridized carbons (Fsp3) is 0.250. The van der Waals surface area contributed by atoms with Gasteiger partial charge in [-0.05, 0) is 29.8 Å². The molecule has 1 saturated heterocycles. The standard InChI is InChI=1S/C20H18ClFN2O3/c21-15-3-1-2-14(12-15)17(25)8-9-18(26)24-11-10-23-20(27)19(24)13-4-6-16(22)7-5-13/h1-7,12,19H,8-11H2,(H,23,27). The van der Waals surface area contributed by atoms with Crippen LogP contribution in [-0.4, -0.2) is 35.6 Å². The molecule has 2 aromatic carbocycles. The number of piperazine rings is 1. The van der Waals surface area contributed by atoms with Crippen LogP contribution >= 0.6 is 11.6 Å². The number of ketones is 1.